The molecule has 1 fully saturated rings. The van der Waals surface area contributed by atoms with E-state index in [1.54, 1.807) is 6.20 Å². The van der Waals surface area contributed by atoms with Crippen LogP contribution in [0.1, 0.15) is 6.92 Å². The Kier molecular flexibility index (Phi) is 3.61. The molecule has 3 heterocycles. The van der Waals surface area contributed by atoms with Crippen molar-refractivity contribution in [2.24, 2.45) is 0 Å². The fraction of sp³-hybridized carbons (Fsp3) is 0.385. The summed E-state index contributed by atoms with van der Waals surface area (Å²) in [6.45, 7) is 4.38. The first kappa shape index (κ1) is 12.7. The average Bonchev–Trinajstić information content (AvgIpc) is 2.82. The monoisotopic (exact) mass is 292 g/mol. The van der Waals surface area contributed by atoms with Gasteiger partial charge in [0.25, 0.3) is 0 Å². The van der Waals surface area contributed by atoms with Gasteiger partial charge in [-0.2, -0.15) is 16.1 Å². The lowest BCUT2D eigenvalue weighted by Crippen LogP contribution is -2.36. The third-order valence-corrected chi connectivity index (χ3v) is 5.24. The molecule has 100 valence electrons. The number of nitrogens with two attached hydrogens (primary N) is 1. The van der Waals surface area contributed by atoms with Gasteiger partial charge in [0.05, 0.1) is 5.56 Å². The van der Waals surface area contributed by atoms with Crippen LogP contribution in [0.3, 0.4) is 0 Å². The molecular weight excluding hydrogens is 276 g/mol. The zero-order valence-corrected chi connectivity index (χ0v) is 12.4. The zero-order valence-electron chi connectivity index (χ0n) is 10.7. The van der Waals surface area contributed by atoms with E-state index in [-0.39, 0.29) is 0 Å². The van der Waals surface area contributed by atoms with Crippen LogP contribution in [0.15, 0.2) is 24.5 Å². The predicted octanol–water partition coefficient (Wildman–Crippen LogP) is 2.73. The molecule has 0 aliphatic carbocycles. The van der Waals surface area contributed by atoms with Crippen LogP contribution in [0, 0.1) is 0 Å². The Morgan fingerprint density at radius 3 is 3.11 bits per heavy atom. The molecule has 2 aromatic heterocycles. The third kappa shape index (κ3) is 2.55. The minimum absolute atomic E-state index is 0.610. The smallest absolute Gasteiger partial charge is 0.147 e. The second-order valence-corrected chi connectivity index (χ2v) is 6.92. The van der Waals surface area contributed by atoms with Crippen molar-refractivity contribution in [2.45, 2.75) is 12.2 Å². The Balaban J connectivity index is 1.99. The molecule has 4 nitrogen and oxygen atoms in total. The van der Waals surface area contributed by atoms with Gasteiger partial charge in [0, 0.05) is 42.0 Å². The van der Waals surface area contributed by atoms with Crippen LogP contribution in [-0.4, -0.2) is 33.4 Å². The van der Waals surface area contributed by atoms with Gasteiger partial charge in [0.2, 0.25) is 0 Å². The van der Waals surface area contributed by atoms with Crippen LogP contribution in [0.4, 0.5) is 10.8 Å². The Hall–Kier alpha value is -1.27. The number of anilines is 2. The molecule has 1 atom stereocenters. The largest absolute Gasteiger partial charge is 0.382 e. The van der Waals surface area contributed by atoms with Crippen LogP contribution in [0.25, 0.3) is 11.1 Å². The fourth-order valence-electron chi connectivity index (χ4n) is 2.29. The molecule has 1 saturated heterocycles. The summed E-state index contributed by atoms with van der Waals surface area (Å²) in [5.74, 6) is 1.77. The summed E-state index contributed by atoms with van der Waals surface area (Å²) < 4.78 is 4.34. The zero-order chi connectivity index (χ0) is 13.2. The Morgan fingerprint density at radius 1 is 1.47 bits per heavy atom. The number of nitrogen functional groups attached to an aromatic ring is 1. The molecule has 3 rings (SSSR count). The van der Waals surface area contributed by atoms with E-state index in [4.69, 9.17) is 5.73 Å². The topological polar surface area (TPSA) is 55.0 Å². The van der Waals surface area contributed by atoms with E-state index < -0.39 is 0 Å². The highest BCUT2D eigenvalue weighted by molar-refractivity contribution is 8.00. The van der Waals surface area contributed by atoms with E-state index >= 15 is 0 Å². The molecular formula is C13H16N4S2. The second-order valence-electron chi connectivity index (χ2n) is 4.62. The van der Waals surface area contributed by atoms with Gasteiger partial charge in [-0.15, -0.1) is 0 Å². The van der Waals surface area contributed by atoms with Crippen molar-refractivity contribution < 1.29 is 0 Å². The van der Waals surface area contributed by atoms with Gasteiger partial charge in [0.15, 0.2) is 0 Å². The van der Waals surface area contributed by atoms with Crippen molar-refractivity contribution in [3.8, 4) is 11.1 Å². The first-order chi connectivity index (χ1) is 9.25. The van der Waals surface area contributed by atoms with Crippen LogP contribution in [-0.2, 0) is 0 Å². The SMILES string of the molecule is CC1CN(c2snc(N)c2-c2cccnc2)CCS1. The van der Waals surface area contributed by atoms with E-state index in [9.17, 15) is 0 Å². The number of rotatable bonds is 2. The van der Waals surface area contributed by atoms with E-state index in [2.05, 4.69) is 21.2 Å². The van der Waals surface area contributed by atoms with E-state index in [1.165, 1.54) is 16.5 Å². The summed E-state index contributed by atoms with van der Waals surface area (Å²) in [5.41, 5.74) is 8.14. The van der Waals surface area contributed by atoms with Crippen LogP contribution >= 0.6 is 23.3 Å². The summed E-state index contributed by atoms with van der Waals surface area (Å²) >= 11 is 3.52. The lowest BCUT2D eigenvalue weighted by Gasteiger charge is -2.31. The minimum Gasteiger partial charge on any atom is -0.382 e. The fourth-order valence-corrected chi connectivity index (χ4v) is 4.18. The van der Waals surface area contributed by atoms with Crippen LogP contribution < -0.4 is 10.6 Å². The van der Waals surface area contributed by atoms with E-state index in [0.717, 1.165) is 30.0 Å². The highest BCUT2D eigenvalue weighted by atomic mass is 32.2. The summed E-state index contributed by atoms with van der Waals surface area (Å²) in [4.78, 5) is 6.58. The van der Waals surface area contributed by atoms with Gasteiger partial charge >= 0.3 is 0 Å². The molecule has 2 N–H and O–H groups in total. The molecule has 0 saturated carbocycles. The van der Waals surface area contributed by atoms with Crippen molar-refractivity contribution in [1.82, 2.24) is 9.36 Å². The van der Waals surface area contributed by atoms with E-state index in [1.807, 2.05) is 30.1 Å². The summed E-state index contributed by atoms with van der Waals surface area (Å²) in [6.07, 6.45) is 3.63. The molecule has 2 aromatic rings. The number of aromatic nitrogens is 2. The van der Waals surface area contributed by atoms with E-state index in [0.29, 0.717) is 11.1 Å². The van der Waals surface area contributed by atoms with Crippen molar-refractivity contribution in [1.29, 1.82) is 0 Å². The lowest BCUT2D eigenvalue weighted by molar-refractivity contribution is 0.790. The summed E-state index contributed by atoms with van der Waals surface area (Å²) in [5, 5.41) is 1.83. The highest BCUT2D eigenvalue weighted by Crippen LogP contribution is 2.40. The molecule has 19 heavy (non-hydrogen) atoms. The van der Waals surface area contributed by atoms with Crippen LogP contribution in [0.5, 0.6) is 0 Å². The summed E-state index contributed by atoms with van der Waals surface area (Å²) in [6, 6.07) is 3.98. The standard InChI is InChI=1S/C13H16N4S2/c1-9-8-17(5-6-18-9)13-11(12(14)16-19-13)10-3-2-4-15-7-10/h2-4,7,9H,5-6,8H2,1H3,(H2,14,16). The maximum absolute atomic E-state index is 6.05. The maximum Gasteiger partial charge on any atom is 0.147 e. The van der Waals surface area contributed by atoms with Gasteiger partial charge in [-0.3, -0.25) is 4.98 Å². The molecule has 0 aromatic carbocycles. The number of hydrogen-bond acceptors (Lipinski definition) is 6. The first-order valence-corrected chi connectivity index (χ1v) is 8.10. The molecule has 1 aliphatic rings. The highest BCUT2D eigenvalue weighted by Gasteiger charge is 2.23. The third-order valence-electron chi connectivity index (χ3n) is 3.18. The normalized spacial score (nSPS) is 19.6. The van der Waals surface area contributed by atoms with Gasteiger partial charge in [-0.05, 0) is 17.6 Å². The Labute approximate surface area is 121 Å². The molecule has 1 aliphatic heterocycles. The molecule has 1 unspecified atom stereocenters. The van der Waals surface area contributed by atoms with Crippen molar-refractivity contribution in [3.05, 3.63) is 24.5 Å². The van der Waals surface area contributed by atoms with Crippen molar-refractivity contribution in [3.63, 3.8) is 0 Å². The van der Waals surface area contributed by atoms with Gasteiger partial charge in [0.1, 0.15) is 10.8 Å². The molecule has 6 heteroatoms. The summed E-state index contributed by atoms with van der Waals surface area (Å²) in [7, 11) is 0. The van der Waals surface area contributed by atoms with Crippen molar-refractivity contribution >= 4 is 34.1 Å². The molecule has 0 radical (unpaired) electrons. The van der Waals surface area contributed by atoms with Crippen molar-refractivity contribution in [2.75, 3.05) is 29.5 Å². The minimum atomic E-state index is 0.610. The Morgan fingerprint density at radius 2 is 2.37 bits per heavy atom. The number of hydrogen-bond donors (Lipinski definition) is 1. The molecule has 0 amide bonds. The first-order valence-electron chi connectivity index (χ1n) is 6.28. The number of pyridine rings is 1. The quantitative estimate of drug-likeness (QED) is 0.922. The van der Waals surface area contributed by atoms with Crippen LogP contribution in [0.2, 0.25) is 0 Å². The predicted molar refractivity (Wildman–Crippen MR) is 83.9 cm³/mol. The molecule has 0 bridgehead atoms. The second kappa shape index (κ2) is 5.38. The van der Waals surface area contributed by atoms with Gasteiger partial charge in [-0.25, -0.2) is 0 Å². The maximum atomic E-state index is 6.05. The Bertz CT molecular complexity index is 555. The number of nitrogens with zero attached hydrogens (tertiary/aromatic N) is 3. The van der Waals surface area contributed by atoms with Gasteiger partial charge in [-0.1, -0.05) is 13.0 Å². The number of thioether (sulfide) groups is 1. The molecule has 0 spiro atoms. The lowest BCUT2D eigenvalue weighted by atomic mass is 10.1. The van der Waals surface area contributed by atoms with Gasteiger partial charge < -0.3 is 10.6 Å². The average molecular weight is 292 g/mol.